The number of rotatable bonds is 5. The minimum atomic E-state index is -1.72. The van der Waals surface area contributed by atoms with E-state index in [-0.39, 0.29) is 40.5 Å². The number of nitrogen functional groups attached to an aromatic ring is 1. The third kappa shape index (κ3) is 4.19. The van der Waals surface area contributed by atoms with Gasteiger partial charge in [0.25, 0.3) is 0 Å². The number of carbonyl (C=O) groups is 1. The van der Waals surface area contributed by atoms with Crippen molar-refractivity contribution in [2.24, 2.45) is 0 Å². The smallest absolute Gasteiger partial charge is 0.246 e. The molecule has 13 heteroatoms. The van der Waals surface area contributed by atoms with Gasteiger partial charge in [-0.15, -0.1) is 0 Å². The second-order valence-corrected chi connectivity index (χ2v) is 8.52. The van der Waals surface area contributed by atoms with Crippen molar-refractivity contribution < 1.29 is 31.5 Å². The van der Waals surface area contributed by atoms with Crippen LogP contribution in [0.25, 0.3) is 16.6 Å². The van der Waals surface area contributed by atoms with Gasteiger partial charge in [-0.2, -0.15) is 13.9 Å². The molecule has 1 fully saturated rings. The number of carbonyl (C=O) groups excluding carboxylic acids is 1. The molecule has 2 atom stereocenters. The van der Waals surface area contributed by atoms with Crippen LogP contribution in [0, 0.1) is 23.3 Å². The third-order valence-electron chi connectivity index (χ3n) is 6.26. The Morgan fingerprint density at radius 2 is 1.89 bits per heavy atom. The van der Waals surface area contributed by atoms with Crippen molar-refractivity contribution in [1.82, 2.24) is 24.6 Å². The number of benzene rings is 1. The molecule has 0 bridgehead atoms. The maximum absolute atomic E-state index is 15.3. The molecular weight excluding hydrogens is 499 g/mol. The van der Waals surface area contributed by atoms with E-state index < -0.39 is 47.4 Å². The van der Waals surface area contributed by atoms with Gasteiger partial charge < -0.3 is 15.4 Å². The summed E-state index contributed by atoms with van der Waals surface area (Å²) in [5, 5.41) is 4.83. The van der Waals surface area contributed by atoms with Gasteiger partial charge in [-0.3, -0.25) is 4.79 Å². The molecule has 0 saturated carbocycles. The van der Waals surface area contributed by atoms with Crippen LogP contribution in [-0.2, 0) is 4.79 Å². The predicted octanol–water partition coefficient (Wildman–Crippen LogP) is 4.01. The molecule has 1 saturated heterocycles. The average Bonchev–Trinajstić information content (AvgIpc) is 3.51. The monoisotopic (exact) mass is 518 g/mol. The molecule has 1 aliphatic carbocycles. The summed E-state index contributed by atoms with van der Waals surface area (Å²) in [5.41, 5.74) is 6.55. The Kier molecular flexibility index (Phi) is 6.13. The molecule has 1 aromatic carbocycles. The zero-order chi connectivity index (χ0) is 26.4. The summed E-state index contributed by atoms with van der Waals surface area (Å²) in [4.78, 5) is 21.9. The van der Waals surface area contributed by atoms with Crippen LogP contribution in [0.15, 0.2) is 43.0 Å². The number of halogens is 5. The summed E-state index contributed by atoms with van der Waals surface area (Å²) >= 11 is 0. The molecule has 5 rings (SSSR count). The lowest BCUT2D eigenvalue weighted by Crippen LogP contribution is -2.27. The fraction of sp³-hybridized carbons (Fsp3) is 0.250. The molecule has 37 heavy (non-hydrogen) atoms. The molecule has 2 N–H and O–H groups in total. The van der Waals surface area contributed by atoms with Gasteiger partial charge in [0.05, 0.1) is 11.4 Å². The number of allylic oxidation sites excluding steroid dienone is 2. The van der Waals surface area contributed by atoms with E-state index in [1.54, 1.807) is 9.58 Å². The average molecular weight is 518 g/mol. The van der Waals surface area contributed by atoms with Gasteiger partial charge in [-0.1, -0.05) is 12.7 Å². The van der Waals surface area contributed by atoms with Crippen molar-refractivity contribution in [1.29, 1.82) is 0 Å². The quantitative estimate of drug-likeness (QED) is 0.311. The van der Waals surface area contributed by atoms with Crippen molar-refractivity contribution >= 4 is 28.3 Å². The van der Waals surface area contributed by atoms with E-state index >= 15 is 4.39 Å². The maximum Gasteiger partial charge on any atom is 0.246 e. The highest BCUT2D eigenvalue weighted by Crippen LogP contribution is 2.37. The molecule has 2 aromatic heterocycles. The molecule has 1 amide bonds. The van der Waals surface area contributed by atoms with E-state index in [1.165, 1.54) is 24.6 Å². The van der Waals surface area contributed by atoms with Crippen LogP contribution in [0.2, 0.25) is 0 Å². The highest BCUT2D eigenvalue weighted by atomic mass is 19.2. The van der Waals surface area contributed by atoms with Gasteiger partial charge in [0.1, 0.15) is 29.8 Å². The van der Waals surface area contributed by atoms with Crippen molar-refractivity contribution in [2.75, 3.05) is 18.8 Å². The summed E-state index contributed by atoms with van der Waals surface area (Å²) in [7, 11) is 0. The molecular formula is C24H19F5N6O2. The minimum absolute atomic E-state index is 0.00786. The third-order valence-corrected chi connectivity index (χ3v) is 6.26. The van der Waals surface area contributed by atoms with E-state index in [1.807, 2.05) is 0 Å². The number of hydrogen-bond acceptors (Lipinski definition) is 6. The van der Waals surface area contributed by atoms with E-state index in [2.05, 4.69) is 21.6 Å². The number of fused-ring (bicyclic) bond motifs is 1. The topological polar surface area (TPSA) is 99.2 Å². The number of amides is 1. The van der Waals surface area contributed by atoms with Crippen LogP contribution >= 0.6 is 0 Å². The van der Waals surface area contributed by atoms with Gasteiger partial charge in [0.15, 0.2) is 23.0 Å². The van der Waals surface area contributed by atoms with Crippen LogP contribution in [0.5, 0.6) is 5.75 Å². The maximum atomic E-state index is 15.3. The molecule has 3 aromatic rings. The van der Waals surface area contributed by atoms with Crippen LogP contribution in [0.4, 0.5) is 27.8 Å². The normalized spacial score (nSPS) is 19.6. The second kappa shape index (κ2) is 9.30. The number of anilines is 1. The Morgan fingerprint density at radius 3 is 2.57 bits per heavy atom. The molecule has 1 unspecified atom stereocenters. The lowest BCUT2D eigenvalue weighted by atomic mass is 9.99. The Hall–Kier alpha value is -4.29. The predicted molar refractivity (Wildman–Crippen MR) is 123 cm³/mol. The molecule has 0 radical (unpaired) electrons. The molecule has 8 nitrogen and oxygen atoms in total. The first-order valence-corrected chi connectivity index (χ1v) is 11.2. The van der Waals surface area contributed by atoms with E-state index in [0.29, 0.717) is 25.2 Å². The Balaban J connectivity index is 1.47. The summed E-state index contributed by atoms with van der Waals surface area (Å²) in [6, 6.07) is -0.215. The number of likely N-dealkylation sites (tertiary alicyclic amines) is 1. The lowest BCUT2D eigenvalue weighted by molar-refractivity contribution is -0.125. The second-order valence-electron chi connectivity index (χ2n) is 8.52. The van der Waals surface area contributed by atoms with Crippen LogP contribution in [-0.4, -0.2) is 49.7 Å². The Bertz CT molecular complexity index is 1470. The fourth-order valence-corrected chi connectivity index (χ4v) is 4.45. The van der Waals surface area contributed by atoms with Crippen molar-refractivity contribution in [3.63, 3.8) is 0 Å². The van der Waals surface area contributed by atoms with Gasteiger partial charge in [-0.25, -0.2) is 27.8 Å². The number of hydrogen-bond donors (Lipinski definition) is 1. The number of ether oxygens (including phenoxy) is 1. The van der Waals surface area contributed by atoms with Gasteiger partial charge in [0.2, 0.25) is 17.5 Å². The van der Waals surface area contributed by atoms with E-state index in [4.69, 9.17) is 10.5 Å². The van der Waals surface area contributed by atoms with Crippen LogP contribution in [0.3, 0.4) is 0 Å². The molecule has 2 aliphatic rings. The highest BCUT2D eigenvalue weighted by molar-refractivity contribution is 5.98. The van der Waals surface area contributed by atoms with Gasteiger partial charge in [-0.05, 0) is 18.6 Å². The van der Waals surface area contributed by atoms with Crippen LogP contribution < -0.4 is 10.5 Å². The lowest BCUT2D eigenvalue weighted by Gasteiger charge is -2.20. The molecule has 192 valence electrons. The zero-order valence-corrected chi connectivity index (χ0v) is 19.1. The molecule has 1 aliphatic heterocycles. The first-order valence-electron chi connectivity index (χ1n) is 11.2. The van der Waals surface area contributed by atoms with Crippen molar-refractivity contribution in [3.05, 3.63) is 72.0 Å². The Morgan fingerprint density at radius 1 is 1.16 bits per heavy atom. The SMILES string of the molecule is C=CC(=O)N1CC[C@H](n2nc(C3=C(F)CC(Oc4c(F)c(F)cc(F)c4F)C=C3)c3c(N)ncnc32)C1. The highest BCUT2D eigenvalue weighted by Gasteiger charge is 2.32. The van der Waals surface area contributed by atoms with Gasteiger partial charge in [0, 0.05) is 31.1 Å². The number of nitrogens with two attached hydrogens (primary N) is 1. The standard InChI is InChI=1S/C24H19F5N6O2/c1-2-17(36)34-6-5-11(9-34)35-24-18(23(30)31-10-32-24)21(33-35)13-4-3-12(7-14(13)25)37-22-19(28)15(26)8-16(27)20(22)29/h2-4,8,10-12H,1,5-7,9H2,(H2,30,31,32)/t11-,12?/m0/s1. The van der Waals surface area contributed by atoms with Gasteiger partial charge >= 0.3 is 0 Å². The summed E-state index contributed by atoms with van der Waals surface area (Å²) in [6.07, 6.45) is 3.82. The zero-order valence-electron chi connectivity index (χ0n) is 19.1. The molecule has 3 heterocycles. The summed E-state index contributed by atoms with van der Waals surface area (Å²) in [5.74, 6) is -8.96. The van der Waals surface area contributed by atoms with Crippen molar-refractivity contribution in [2.45, 2.75) is 25.0 Å². The first-order chi connectivity index (χ1) is 17.7. The largest absolute Gasteiger partial charge is 0.480 e. The molecule has 0 spiro atoms. The summed E-state index contributed by atoms with van der Waals surface area (Å²) < 4.78 is 77.0. The van der Waals surface area contributed by atoms with Crippen molar-refractivity contribution in [3.8, 4) is 5.75 Å². The van der Waals surface area contributed by atoms with Crippen LogP contribution in [0.1, 0.15) is 24.6 Å². The number of aromatic nitrogens is 4. The Labute approximate surface area is 206 Å². The minimum Gasteiger partial charge on any atom is -0.480 e. The first kappa shape index (κ1) is 24.4. The summed E-state index contributed by atoms with van der Waals surface area (Å²) in [6.45, 7) is 4.30. The fourth-order valence-electron chi connectivity index (χ4n) is 4.45. The van der Waals surface area contributed by atoms with E-state index in [0.717, 1.165) is 0 Å². The van der Waals surface area contributed by atoms with E-state index in [9.17, 15) is 22.4 Å². The number of nitrogens with zero attached hydrogens (tertiary/aromatic N) is 5.